The van der Waals surface area contributed by atoms with Gasteiger partial charge in [-0.25, -0.2) is 0 Å². The zero-order valence-corrected chi connectivity index (χ0v) is 8.96. The Labute approximate surface area is 93.2 Å². The molecule has 2 aliphatic rings. The molecule has 15 heavy (non-hydrogen) atoms. The average molecular weight is 223 g/mol. The molecule has 0 amide bonds. The number of benzene rings is 1. The second-order valence-electron chi connectivity index (χ2n) is 4.19. The van der Waals surface area contributed by atoms with Crippen LogP contribution in [0.25, 0.3) is 0 Å². The molecule has 3 rings (SSSR count). The van der Waals surface area contributed by atoms with E-state index in [0.29, 0.717) is 6.42 Å². The number of rotatable bonds is 0. The second kappa shape index (κ2) is 2.99. The maximum atomic E-state index is 11.3. The van der Waals surface area contributed by atoms with Crippen molar-refractivity contribution in [1.29, 1.82) is 0 Å². The third kappa shape index (κ3) is 1.14. The van der Waals surface area contributed by atoms with E-state index in [2.05, 4.69) is 6.07 Å². The van der Waals surface area contributed by atoms with Gasteiger partial charge in [0.25, 0.3) is 0 Å². The van der Waals surface area contributed by atoms with Crippen molar-refractivity contribution in [2.45, 2.75) is 30.2 Å². The molecule has 3 heteroatoms. The minimum Gasteiger partial charge on any atom is -0.453 e. The van der Waals surface area contributed by atoms with E-state index >= 15 is 0 Å². The fourth-order valence-electron chi connectivity index (χ4n) is 2.64. The van der Waals surface area contributed by atoms with E-state index in [1.165, 1.54) is 5.56 Å². The van der Waals surface area contributed by atoms with Crippen LogP contribution < -0.4 is 0 Å². The lowest BCUT2D eigenvalue weighted by molar-refractivity contribution is -0.148. The molecule has 1 fully saturated rings. The smallest absolute Gasteiger partial charge is 0.306 e. The van der Waals surface area contributed by atoms with E-state index in [-0.39, 0.29) is 11.3 Å². The summed E-state index contributed by atoms with van der Waals surface area (Å²) in [5, 5.41) is -0.110. The zero-order chi connectivity index (χ0) is 10.5. The zero-order valence-electron chi connectivity index (χ0n) is 8.20. The van der Waals surface area contributed by atoms with Gasteiger partial charge in [-0.1, -0.05) is 24.3 Å². The van der Waals surface area contributed by atoms with Crippen molar-refractivity contribution in [3.8, 4) is 0 Å². The number of carbonyl (C=O) groups is 1. The van der Waals surface area contributed by atoms with Crippen LogP contribution in [0.5, 0.6) is 0 Å². The normalized spacial score (nSPS) is 33.1. The van der Waals surface area contributed by atoms with E-state index < -0.39 is 5.60 Å². The van der Waals surface area contributed by atoms with Gasteiger partial charge < -0.3 is 4.74 Å². The Bertz CT molecular complexity index is 429. The first-order chi connectivity index (χ1) is 7.22. The summed E-state index contributed by atoms with van der Waals surface area (Å²) < 4.78 is 5.48. The van der Waals surface area contributed by atoms with Crippen molar-refractivity contribution in [2.75, 3.05) is 0 Å². The average Bonchev–Trinajstić information content (AvgIpc) is 2.73. The van der Waals surface area contributed by atoms with Crippen molar-refractivity contribution in [3.05, 3.63) is 35.4 Å². The number of ether oxygens (including phenoxy) is 1. The number of carbonyl (C=O) groups excluding carboxylic acids is 1. The van der Waals surface area contributed by atoms with Crippen LogP contribution in [0.2, 0.25) is 0 Å². The molecule has 1 aromatic carbocycles. The molecule has 0 N–H and O–H groups in total. The Kier molecular flexibility index (Phi) is 1.84. The van der Waals surface area contributed by atoms with E-state index in [1.807, 2.05) is 18.2 Å². The predicted molar refractivity (Wildman–Crippen MR) is 56.8 cm³/mol. The lowest BCUT2D eigenvalue weighted by Crippen LogP contribution is -2.31. The summed E-state index contributed by atoms with van der Waals surface area (Å²) in [6.07, 6.45) is 2.00. The highest BCUT2D eigenvalue weighted by molar-refractivity contribution is 6.22. The molecule has 1 aliphatic heterocycles. The molecule has 1 spiro atoms. The maximum Gasteiger partial charge on any atom is 0.306 e. The van der Waals surface area contributed by atoms with Crippen LogP contribution >= 0.6 is 11.6 Å². The third-order valence-electron chi connectivity index (χ3n) is 3.37. The molecule has 2 nitrogen and oxygen atoms in total. The molecule has 0 radical (unpaired) electrons. The van der Waals surface area contributed by atoms with E-state index in [0.717, 1.165) is 18.4 Å². The van der Waals surface area contributed by atoms with Crippen LogP contribution in [0.15, 0.2) is 24.3 Å². The van der Waals surface area contributed by atoms with Gasteiger partial charge in [0.2, 0.25) is 0 Å². The molecule has 78 valence electrons. The molecule has 0 unspecified atom stereocenters. The minimum absolute atomic E-state index is 0.110. The molecular formula is C12H11ClO2. The minimum atomic E-state index is -0.533. The lowest BCUT2D eigenvalue weighted by atomic mass is 9.92. The van der Waals surface area contributed by atoms with Gasteiger partial charge in [0.1, 0.15) is 0 Å². The van der Waals surface area contributed by atoms with Crippen molar-refractivity contribution in [1.82, 2.24) is 0 Å². The van der Waals surface area contributed by atoms with Crippen LogP contribution in [0.4, 0.5) is 0 Å². The highest BCUT2D eigenvalue weighted by Crippen LogP contribution is 2.49. The summed E-state index contributed by atoms with van der Waals surface area (Å²) in [5.41, 5.74) is 1.79. The van der Waals surface area contributed by atoms with Crippen LogP contribution in [0.3, 0.4) is 0 Å². The molecule has 0 aromatic heterocycles. The largest absolute Gasteiger partial charge is 0.453 e. The van der Waals surface area contributed by atoms with Gasteiger partial charge in [0, 0.05) is 18.4 Å². The van der Waals surface area contributed by atoms with Crippen molar-refractivity contribution in [3.63, 3.8) is 0 Å². The van der Waals surface area contributed by atoms with E-state index in [4.69, 9.17) is 16.3 Å². The van der Waals surface area contributed by atoms with Gasteiger partial charge in [-0.05, 0) is 12.0 Å². The first-order valence-corrected chi connectivity index (χ1v) is 5.60. The Balaban J connectivity index is 2.13. The van der Waals surface area contributed by atoms with Gasteiger partial charge in [-0.15, -0.1) is 11.6 Å². The van der Waals surface area contributed by atoms with E-state index in [9.17, 15) is 4.79 Å². The third-order valence-corrected chi connectivity index (χ3v) is 3.88. The number of hydrogen-bond acceptors (Lipinski definition) is 2. The van der Waals surface area contributed by atoms with Gasteiger partial charge in [0.15, 0.2) is 5.60 Å². The van der Waals surface area contributed by atoms with Crippen LogP contribution in [-0.4, -0.2) is 11.3 Å². The molecule has 0 bridgehead atoms. The molecule has 1 aromatic rings. The summed E-state index contributed by atoms with van der Waals surface area (Å²) >= 11 is 6.33. The fraction of sp³-hybridized carbons (Fsp3) is 0.417. The second-order valence-corrected chi connectivity index (χ2v) is 4.72. The fourth-order valence-corrected chi connectivity index (χ4v) is 3.08. The van der Waals surface area contributed by atoms with E-state index in [1.54, 1.807) is 0 Å². The Hall–Kier alpha value is -1.02. The Morgan fingerprint density at radius 1 is 1.40 bits per heavy atom. The quantitative estimate of drug-likeness (QED) is 0.498. The van der Waals surface area contributed by atoms with Crippen LogP contribution in [-0.2, 0) is 21.6 Å². The van der Waals surface area contributed by atoms with Crippen LogP contribution in [0.1, 0.15) is 24.0 Å². The standard InChI is InChI=1S/C12H11ClO2/c13-10-7-8-3-1-2-4-9(8)12(10)6-5-11(14)15-12/h1-4,10H,5-7H2/t10-,12+/m0/s1. The van der Waals surface area contributed by atoms with Crippen LogP contribution in [0, 0.1) is 0 Å². The SMILES string of the molecule is O=C1CC[C@@]2(O1)c1ccccc1C[C@@H]2Cl. The highest BCUT2D eigenvalue weighted by Gasteiger charge is 2.52. The topological polar surface area (TPSA) is 26.3 Å². The summed E-state index contributed by atoms with van der Waals surface area (Å²) in [4.78, 5) is 11.3. The first kappa shape index (κ1) is 9.22. The number of fused-ring (bicyclic) bond motifs is 2. The van der Waals surface area contributed by atoms with Crippen molar-refractivity contribution in [2.24, 2.45) is 0 Å². The molecular weight excluding hydrogens is 212 g/mol. The molecule has 0 saturated carbocycles. The molecule has 1 heterocycles. The first-order valence-electron chi connectivity index (χ1n) is 5.17. The van der Waals surface area contributed by atoms with Crippen molar-refractivity contribution < 1.29 is 9.53 Å². The Morgan fingerprint density at radius 3 is 2.93 bits per heavy atom. The lowest BCUT2D eigenvalue weighted by Gasteiger charge is -2.26. The van der Waals surface area contributed by atoms with Gasteiger partial charge in [-0.2, -0.15) is 0 Å². The summed E-state index contributed by atoms with van der Waals surface area (Å²) in [6.45, 7) is 0. The monoisotopic (exact) mass is 222 g/mol. The molecule has 1 aliphatic carbocycles. The van der Waals surface area contributed by atoms with Crippen molar-refractivity contribution >= 4 is 17.6 Å². The van der Waals surface area contributed by atoms with Gasteiger partial charge in [0.05, 0.1) is 5.38 Å². The summed E-state index contributed by atoms with van der Waals surface area (Å²) in [6, 6.07) is 8.06. The number of halogens is 1. The molecule has 1 saturated heterocycles. The Morgan fingerprint density at radius 2 is 2.20 bits per heavy atom. The summed E-state index contributed by atoms with van der Waals surface area (Å²) in [5.74, 6) is -0.127. The van der Waals surface area contributed by atoms with Gasteiger partial charge >= 0.3 is 5.97 Å². The predicted octanol–water partition coefficient (Wildman–Crippen LogP) is 2.38. The number of alkyl halides is 1. The summed E-state index contributed by atoms with van der Waals surface area (Å²) in [7, 11) is 0. The number of esters is 1. The number of hydrogen-bond donors (Lipinski definition) is 0. The maximum absolute atomic E-state index is 11.3. The van der Waals surface area contributed by atoms with Gasteiger partial charge in [-0.3, -0.25) is 4.79 Å². The highest BCUT2D eigenvalue weighted by atomic mass is 35.5. The molecule has 2 atom stereocenters.